The molecule has 0 bridgehead atoms. The van der Waals surface area contributed by atoms with E-state index in [0.717, 1.165) is 24.0 Å². The molecule has 0 heterocycles. The van der Waals surface area contributed by atoms with Crippen molar-refractivity contribution in [1.29, 1.82) is 0 Å². The Balaban J connectivity index is 2.17. The van der Waals surface area contributed by atoms with Gasteiger partial charge < -0.3 is 10.2 Å². The van der Waals surface area contributed by atoms with Gasteiger partial charge in [-0.05, 0) is 48.2 Å². The second-order valence-corrected chi connectivity index (χ2v) is 8.72. The predicted molar refractivity (Wildman–Crippen MR) is 90.9 cm³/mol. The summed E-state index contributed by atoms with van der Waals surface area (Å²) in [6, 6.07) is 0. The molecule has 0 saturated heterocycles. The molecule has 0 radical (unpaired) electrons. The highest BCUT2D eigenvalue weighted by Crippen LogP contribution is 2.61. The first-order chi connectivity index (χ1) is 10.6. The second-order valence-electron chi connectivity index (χ2n) is 8.72. The number of allylic oxidation sites excluding steroid dienone is 5. The van der Waals surface area contributed by atoms with Gasteiger partial charge in [-0.1, -0.05) is 40.7 Å². The summed E-state index contributed by atoms with van der Waals surface area (Å²) < 4.78 is 0. The SMILES string of the molecule is CC(C)C1=CC2=CC[C@@H]3C(C)(C)C[C@@H](O)C[C@@]3(C)C2=C(O)C1=O. The molecule has 0 amide bonds. The predicted octanol–water partition coefficient (Wildman–Crippen LogP) is 4.10. The van der Waals surface area contributed by atoms with Crippen LogP contribution in [0.4, 0.5) is 0 Å². The molecule has 2 N–H and O–H groups in total. The Kier molecular flexibility index (Phi) is 3.64. The summed E-state index contributed by atoms with van der Waals surface area (Å²) >= 11 is 0. The van der Waals surface area contributed by atoms with E-state index >= 15 is 0 Å². The third kappa shape index (κ3) is 2.32. The van der Waals surface area contributed by atoms with Gasteiger partial charge in [0.25, 0.3) is 0 Å². The maximum atomic E-state index is 12.6. The van der Waals surface area contributed by atoms with E-state index in [-0.39, 0.29) is 28.3 Å². The first-order valence-electron chi connectivity index (χ1n) is 8.66. The zero-order chi connectivity index (χ0) is 17.2. The summed E-state index contributed by atoms with van der Waals surface area (Å²) in [5.74, 6) is 0.0681. The van der Waals surface area contributed by atoms with Crippen molar-refractivity contribution in [2.45, 2.75) is 60.0 Å². The maximum Gasteiger partial charge on any atom is 0.223 e. The van der Waals surface area contributed by atoms with E-state index in [1.165, 1.54) is 0 Å². The summed E-state index contributed by atoms with van der Waals surface area (Å²) in [6.45, 7) is 10.4. The maximum absolute atomic E-state index is 12.6. The molecule has 3 aliphatic rings. The summed E-state index contributed by atoms with van der Waals surface area (Å²) in [4.78, 5) is 12.6. The van der Waals surface area contributed by atoms with Crippen molar-refractivity contribution in [2.24, 2.45) is 22.7 Å². The van der Waals surface area contributed by atoms with E-state index < -0.39 is 6.10 Å². The molecule has 3 heteroatoms. The number of aliphatic hydroxyl groups excluding tert-OH is 2. The largest absolute Gasteiger partial charge is 0.504 e. The summed E-state index contributed by atoms with van der Waals surface area (Å²) in [7, 11) is 0. The van der Waals surface area contributed by atoms with Crippen molar-refractivity contribution in [3.05, 3.63) is 34.6 Å². The van der Waals surface area contributed by atoms with E-state index in [2.05, 4.69) is 26.8 Å². The summed E-state index contributed by atoms with van der Waals surface area (Å²) in [6.07, 6.45) is 6.04. The highest BCUT2D eigenvalue weighted by molar-refractivity contribution is 6.10. The molecule has 3 rings (SSSR count). The van der Waals surface area contributed by atoms with E-state index in [1.54, 1.807) is 0 Å². The van der Waals surface area contributed by atoms with Gasteiger partial charge in [0.15, 0.2) is 5.76 Å². The smallest absolute Gasteiger partial charge is 0.223 e. The van der Waals surface area contributed by atoms with Crippen LogP contribution in [0, 0.1) is 22.7 Å². The number of hydrogen-bond acceptors (Lipinski definition) is 3. The van der Waals surface area contributed by atoms with Gasteiger partial charge in [0.1, 0.15) is 0 Å². The van der Waals surface area contributed by atoms with Gasteiger partial charge >= 0.3 is 0 Å². The number of rotatable bonds is 1. The van der Waals surface area contributed by atoms with Crippen LogP contribution in [0.25, 0.3) is 0 Å². The molecule has 3 nitrogen and oxygen atoms in total. The fraction of sp³-hybridized carbons (Fsp3) is 0.650. The number of ketones is 1. The highest BCUT2D eigenvalue weighted by Gasteiger charge is 2.54. The molecule has 23 heavy (non-hydrogen) atoms. The van der Waals surface area contributed by atoms with Crippen LogP contribution in [0.3, 0.4) is 0 Å². The number of Topliss-reactive ketones (excluding diaryl/α,β-unsaturated/α-hetero) is 1. The number of carbonyl (C=O) groups excluding carboxylic acids is 1. The lowest BCUT2D eigenvalue weighted by Crippen LogP contribution is -2.50. The molecule has 0 aliphatic heterocycles. The number of fused-ring (bicyclic) bond motifs is 3. The van der Waals surface area contributed by atoms with Crippen LogP contribution in [-0.2, 0) is 4.79 Å². The second kappa shape index (κ2) is 5.07. The van der Waals surface area contributed by atoms with Crippen LogP contribution in [0.1, 0.15) is 53.9 Å². The van der Waals surface area contributed by atoms with Gasteiger partial charge in [-0.3, -0.25) is 4.79 Å². The number of hydrogen-bond donors (Lipinski definition) is 2. The number of carbonyl (C=O) groups is 1. The molecule has 1 fully saturated rings. The van der Waals surface area contributed by atoms with Crippen LogP contribution >= 0.6 is 0 Å². The minimum atomic E-state index is -0.392. The van der Waals surface area contributed by atoms with Crippen LogP contribution < -0.4 is 0 Å². The molecule has 1 saturated carbocycles. The van der Waals surface area contributed by atoms with Crippen molar-refractivity contribution in [2.75, 3.05) is 0 Å². The van der Waals surface area contributed by atoms with Crippen molar-refractivity contribution >= 4 is 5.78 Å². The molecule has 3 aliphatic carbocycles. The lowest BCUT2D eigenvalue weighted by Gasteiger charge is -2.56. The molecule has 0 spiro atoms. The van der Waals surface area contributed by atoms with Crippen LogP contribution in [0.2, 0.25) is 0 Å². The fourth-order valence-corrected chi connectivity index (χ4v) is 5.30. The van der Waals surface area contributed by atoms with Gasteiger partial charge in [0.2, 0.25) is 5.78 Å². The quantitative estimate of drug-likeness (QED) is 0.766. The average molecular weight is 316 g/mol. The summed E-state index contributed by atoms with van der Waals surface area (Å²) in [5.41, 5.74) is 2.04. The molecule has 0 aromatic carbocycles. The van der Waals surface area contributed by atoms with Gasteiger partial charge in [0, 0.05) is 16.6 Å². The lowest BCUT2D eigenvalue weighted by atomic mass is 9.49. The van der Waals surface area contributed by atoms with Gasteiger partial charge in [0.05, 0.1) is 6.10 Å². The van der Waals surface area contributed by atoms with Gasteiger partial charge in [-0.2, -0.15) is 0 Å². The van der Waals surface area contributed by atoms with E-state index in [4.69, 9.17) is 0 Å². The van der Waals surface area contributed by atoms with Crippen molar-refractivity contribution in [3.63, 3.8) is 0 Å². The van der Waals surface area contributed by atoms with Crippen molar-refractivity contribution < 1.29 is 15.0 Å². The minimum Gasteiger partial charge on any atom is -0.504 e. The lowest BCUT2D eigenvalue weighted by molar-refractivity contribution is -0.115. The summed E-state index contributed by atoms with van der Waals surface area (Å²) in [5, 5.41) is 21.1. The van der Waals surface area contributed by atoms with Crippen LogP contribution in [0.5, 0.6) is 0 Å². The zero-order valence-electron chi connectivity index (χ0n) is 14.8. The number of aliphatic hydroxyl groups is 2. The van der Waals surface area contributed by atoms with E-state index in [0.29, 0.717) is 17.9 Å². The topological polar surface area (TPSA) is 57.5 Å². The normalized spacial score (nSPS) is 36.4. The molecular formula is C20H28O3. The molecule has 0 unspecified atom stereocenters. The van der Waals surface area contributed by atoms with Gasteiger partial charge in [-0.25, -0.2) is 0 Å². The Morgan fingerprint density at radius 1 is 1.22 bits per heavy atom. The van der Waals surface area contributed by atoms with E-state index in [9.17, 15) is 15.0 Å². The Labute approximate surface area is 138 Å². The minimum absolute atomic E-state index is 0.0210. The first-order valence-corrected chi connectivity index (χ1v) is 8.66. The Morgan fingerprint density at radius 2 is 1.87 bits per heavy atom. The third-order valence-corrected chi connectivity index (χ3v) is 6.21. The van der Waals surface area contributed by atoms with E-state index in [1.807, 2.05) is 19.9 Å². The first kappa shape index (κ1) is 16.5. The van der Waals surface area contributed by atoms with Crippen molar-refractivity contribution in [1.82, 2.24) is 0 Å². The molecule has 3 atom stereocenters. The molecule has 0 aromatic heterocycles. The standard InChI is InChI=1S/C20H28O3/c1-11(2)14-8-12-6-7-15-19(3,4)9-13(21)10-20(15,5)16(12)18(23)17(14)22/h6,8,11,13,15,21,23H,7,9-10H2,1-5H3/t13-,15-,20-/m1/s1. The molecule has 0 aromatic rings. The Morgan fingerprint density at radius 3 is 2.48 bits per heavy atom. The molecular weight excluding hydrogens is 288 g/mol. The monoisotopic (exact) mass is 316 g/mol. The fourth-order valence-electron chi connectivity index (χ4n) is 5.30. The average Bonchev–Trinajstić information content (AvgIpc) is 2.39. The highest BCUT2D eigenvalue weighted by atomic mass is 16.3. The van der Waals surface area contributed by atoms with Crippen molar-refractivity contribution in [3.8, 4) is 0 Å². The zero-order valence-corrected chi connectivity index (χ0v) is 14.8. The Hall–Kier alpha value is -1.35. The Bertz CT molecular complexity index is 648. The van der Waals surface area contributed by atoms with Crippen LogP contribution in [-0.4, -0.2) is 22.1 Å². The van der Waals surface area contributed by atoms with Gasteiger partial charge in [-0.15, -0.1) is 0 Å². The van der Waals surface area contributed by atoms with Crippen LogP contribution in [0.15, 0.2) is 34.6 Å². The molecule has 126 valence electrons. The third-order valence-electron chi connectivity index (χ3n) is 6.21.